The van der Waals surface area contributed by atoms with E-state index in [1.165, 1.54) is 12.3 Å². The first kappa shape index (κ1) is 9.13. The van der Waals surface area contributed by atoms with Crippen molar-refractivity contribution >= 4 is 11.5 Å². The zero-order valence-electron chi connectivity index (χ0n) is 7.41. The molecule has 1 rings (SSSR count). The highest BCUT2D eigenvalue weighted by Gasteiger charge is 2.23. The molecule has 1 atom stereocenters. The molecule has 0 fully saturated rings. The lowest BCUT2D eigenvalue weighted by Gasteiger charge is -2.17. The molecule has 0 N–H and O–H groups in total. The van der Waals surface area contributed by atoms with Gasteiger partial charge in [0.15, 0.2) is 11.9 Å². The summed E-state index contributed by atoms with van der Waals surface area (Å²) in [5.41, 5.74) is 0.823. The molecule has 1 heterocycles. The summed E-state index contributed by atoms with van der Waals surface area (Å²) >= 11 is 0. The quantitative estimate of drug-likeness (QED) is 0.636. The topological polar surface area (TPSA) is 38.7 Å². The fraction of sp³-hybridized carbons (Fsp3) is 0.556. The zero-order valence-corrected chi connectivity index (χ0v) is 7.41. The average molecular weight is 167 g/mol. The summed E-state index contributed by atoms with van der Waals surface area (Å²) in [6.07, 6.45) is 3.33. The fourth-order valence-electron chi connectivity index (χ4n) is 1.15. The molecule has 0 saturated heterocycles. The van der Waals surface area contributed by atoms with E-state index in [4.69, 9.17) is 4.74 Å². The second-order valence-corrected chi connectivity index (χ2v) is 2.53. The molecule has 3 nitrogen and oxygen atoms in total. The first-order valence-electron chi connectivity index (χ1n) is 4.18. The Morgan fingerprint density at radius 3 is 2.92 bits per heavy atom. The van der Waals surface area contributed by atoms with Gasteiger partial charge in [-0.25, -0.2) is 0 Å². The molecule has 0 aliphatic carbocycles. The molecule has 12 heavy (non-hydrogen) atoms. The van der Waals surface area contributed by atoms with Gasteiger partial charge in [0.05, 0.1) is 5.71 Å². The molecule has 0 radical (unpaired) electrons. The molecule has 1 aliphatic rings. The van der Waals surface area contributed by atoms with Gasteiger partial charge in [0.25, 0.3) is 0 Å². The Hall–Kier alpha value is -0.960. The highest BCUT2D eigenvalue weighted by molar-refractivity contribution is 6.14. The van der Waals surface area contributed by atoms with Crippen molar-refractivity contribution < 1.29 is 9.53 Å². The summed E-state index contributed by atoms with van der Waals surface area (Å²) < 4.78 is 5.27. The Labute approximate surface area is 72.1 Å². The Morgan fingerprint density at radius 1 is 1.58 bits per heavy atom. The van der Waals surface area contributed by atoms with Gasteiger partial charge in [-0.1, -0.05) is 6.92 Å². The Balaban J connectivity index is 2.73. The maximum atomic E-state index is 11.3. The van der Waals surface area contributed by atoms with Crippen LogP contribution in [0.1, 0.15) is 20.3 Å². The average Bonchev–Trinajstić information content (AvgIpc) is 2.09. The lowest BCUT2D eigenvalue weighted by molar-refractivity contribution is -0.121. The van der Waals surface area contributed by atoms with Crippen molar-refractivity contribution in [3.63, 3.8) is 0 Å². The van der Waals surface area contributed by atoms with E-state index in [0.29, 0.717) is 6.61 Å². The minimum atomic E-state index is -0.426. The second-order valence-electron chi connectivity index (χ2n) is 2.53. The summed E-state index contributed by atoms with van der Waals surface area (Å²) in [5.74, 6) is 0.00343. The van der Waals surface area contributed by atoms with Gasteiger partial charge in [-0.3, -0.25) is 9.79 Å². The number of nitrogens with zero attached hydrogens (tertiary/aromatic N) is 1. The van der Waals surface area contributed by atoms with E-state index in [2.05, 4.69) is 4.99 Å². The van der Waals surface area contributed by atoms with E-state index in [1.54, 1.807) is 0 Å². The van der Waals surface area contributed by atoms with Crippen LogP contribution in [0.2, 0.25) is 0 Å². The molecule has 1 aliphatic heterocycles. The number of rotatable bonds is 3. The van der Waals surface area contributed by atoms with Crippen LogP contribution in [-0.2, 0) is 9.53 Å². The molecule has 0 aromatic heterocycles. The predicted octanol–water partition coefficient (Wildman–Crippen LogP) is 1.34. The van der Waals surface area contributed by atoms with Gasteiger partial charge >= 0.3 is 0 Å². The monoisotopic (exact) mass is 167 g/mol. The van der Waals surface area contributed by atoms with Gasteiger partial charge in [0.2, 0.25) is 0 Å². The Bertz CT molecular complexity index is 231. The summed E-state index contributed by atoms with van der Waals surface area (Å²) in [6, 6.07) is 0. The maximum Gasteiger partial charge on any atom is 0.191 e. The van der Waals surface area contributed by atoms with Gasteiger partial charge < -0.3 is 4.74 Å². The van der Waals surface area contributed by atoms with E-state index < -0.39 is 6.10 Å². The highest BCUT2D eigenvalue weighted by atomic mass is 16.5. The van der Waals surface area contributed by atoms with E-state index >= 15 is 0 Å². The van der Waals surface area contributed by atoms with Crippen LogP contribution in [0.3, 0.4) is 0 Å². The van der Waals surface area contributed by atoms with Gasteiger partial charge in [0, 0.05) is 18.9 Å². The Kier molecular flexibility index (Phi) is 3.17. The minimum absolute atomic E-state index is 0.00343. The van der Waals surface area contributed by atoms with Crippen molar-refractivity contribution in [2.45, 2.75) is 26.4 Å². The van der Waals surface area contributed by atoms with Gasteiger partial charge in [-0.2, -0.15) is 0 Å². The first-order chi connectivity index (χ1) is 5.79. The number of aliphatic imine (C=N–C) groups is 1. The second kappa shape index (κ2) is 4.16. The van der Waals surface area contributed by atoms with Crippen LogP contribution in [0.4, 0.5) is 0 Å². The third-order valence-electron chi connectivity index (χ3n) is 1.74. The fourth-order valence-corrected chi connectivity index (χ4v) is 1.15. The first-order valence-corrected chi connectivity index (χ1v) is 4.18. The standard InChI is InChI=1S/C9H13NO2/c1-3-7-9(12-4-2)8(11)5-6-10-7/h5-6,9H,3-4H2,1-2H3. The smallest absolute Gasteiger partial charge is 0.191 e. The van der Waals surface area contributed by atoms with Crippen LogP contribution in [0.5, 0.6) is 0 Å². The summed E-state index contributed by atoms with van der Waals surface area (Å²) in [5, 5.41) is 0. The lowest BCUT2D eigenvalue weighted by atomic mass is 10.1. The van der Waals surface area contributed by atoms with Crippen molar-refractivity contribution in [1.29, 1.82) is 0 Å². The highest BCUT2D eigenvalue weighted by Crippen LogP contribution is 2.07. The number of carbonyl (C=O) groups excluding carboxylic acids is 1. The number of hydrogen-bond donors (Lipinski definition) is 0. The van der Waals surface area contributed by atoms with Crippen LogP contribution in [-0.4, -0.2) is 24.2 Å². The minimum Gasteiger partial charge on any atom is -0.364 e. The molecule has 0 saturated carbocycles. The van der Waals surface area contributed by atoms with Crippen molar-refractivity contribution in [2.75, 3.05) is 6.61 Å². The molecule has 0 bridgehead atoms. The molecular weight excluding hydrogens is 154 g/mol. The number of ether oxygens (including phenoxy) is 1. The molecule has 1 unspecified atom stereocenters. The summed E-state index contributed by atoms with van der Waals surface area (Å²) in [4.78, 5) is 15.3. The largest absolute Gasteiger partial charge is 0.364 e. The van der Waals surface area contributed by atoms with Crippen LogP contribution >= 0.6 is 0 Å². The Morgan fingerprint density at radius 2 is 2.33 bits per heavy atom. The number of hydrogen-bond acceptors (Lipinski definition) is 3. The van der Waals surface area contributed by atoms with E-state index in [0.717, 1.165) is 12.1 Å². The van der Waals surface area contributed by atoms with Crippen LogP contribution < -0.4 is 0 Å². The van der Waals surface area contributed by atoms with E-state index in [1.807, 2.05) is 13.8 Å². The summed E-state index contributed by atoms with van der Waals surface area (Å²) in [6.45, 7) is 4.39. The van der Waals surface area contributed by atoms with Crippen LogP contribution in [0.15, 0.2) is 17.3 Å². The van der Waals surface area contributed by atoms with Crippen molar-refractivity contribution in [3.05, 3.63) is 12.3 Å². The normalized spacial score (nSPS) is 22.7. The van der Waals surface area contributed by atoms with Gasteiger partial charge in [0.1, 0.15) is 0 Å². The number of ketones is 1. The molecule has 66 valence electrons. The van der Waals surface area contributed by atoms with Gasteiger partial charge in [-0.15, -0.1) is 0 Å². The third-order valence-corrected chi connectivity index (χ3v) is 1.74. The molecule has 0 aromatic rings. The lowest BCUT2D eigenvalue weighted by Crippen LogP contribution is -2.33. The molecule has 0 amide bonds. The number of carbonyl (C=O) groups is 1. The molecular formula is C9H13NO2. The zero-order chi connectivity index (χ0) is 8.97. The molecule has 0 aromatic carbocycles. The van der Waals surface area contributed by atoms with Crippen LogP contribution in [0.25, 0.3) is 0 Å². The van der Waals surface area contributed by atoms with E-state index in [-0.39, 0.29) is 5.78 Å². The van der Waals surface area contributed by atoms with Crippen molar-refractivity contribution in [2.24, 2.45) is 4.99 Å². The van der Waals surface area contributed by atoms with Crippen molar-refractivity contribution in [1.82, 2.24) is 0 Å². The summed E-state index contributed by atoms with van der Waals surface area (Å²) in [7, 11) is 0. The molecule has 0 spiro atoms. The van der Waals surface area contributed by atoms with Crippen LogP contribution in [0, 0.1) is 0 Å². The SMILES string of the molecule is CCOC1C(=O)C=CN=C1CC. The predicted molar refractivity (Wildman–Crippen MR) is 47.3 cm³/mol. The van der Waals surface area contributed by atoms with E-state index in [9.17, 15) is 4.79 Å². The third kappa shape index (κ3) is 1.80. The maximum absolute atomic E-state index is 11.3. The van der Waals surface area contributed by atoms with Gasteiger partial charge in [-0.05, 0) is 13.3 Å². The van der Waals surface area contributed by atoms with Crippen molar-refractivity contribution in [3.8, 4) is 0 Å². The molecule has 3 heteroatoms.